The lowest BCUT2D eigenvalue weighted by atomic mass is 10.1. The quantitative estimate of drug-likeness (QED) is 0.878. The zero-order valence-corrected chi connectivity index (χ0v) is 9.17. The maximum absolute atomic E-state index is 13.2. The Morgan fingerprint density at radius 1 is 1.35 bits per heavy atom. The van der Waals surface area contributed by atoms with Gasteiger partial charge >= 0.3 is 0 Å². The molecule has 1 N–H and O–H groups in total. The van der Waals surface area contributed by atoms with Crippen LogP contribution in [0.2, 0.25) is 0 Å². The minimum atomic E-state index is -1.06. The normalized spacial score (nSPS) is 12.2. The molecule has 2 rings (SSSR count). The first-order chi connectivity index (χ1) is 8.22. The molecule has 1 heterocycles. The molecule has 4 nitrogen and oxygen atoms in total. The zero-order valence-electron chi connectivity index (χ0n) is 9.17. The van der Waals surface area contributed by atoms with Gasteiger partial charge < -0.3 is 9.84 Å². The zero-order chi connectivity index (χ0) is 12.3. The minimum absolute atomic E-state index is 0.327. The van der Waals surface area contributed by atoms with Gasteiger partial charge in [0.1, 0.15) is 17.7 Å². The maximum atomic E-state index is 13.2. The molecule has 0 aliphatic rings. The number of halogens is 1. The van der Waals surface area contributed by atoms with E-state index < -0.39 is 11.9 Å². The van der Waals surface area contributed by atoms with Gasteiger partial charge in [0.25, 0.3) is 0 Å². The van der Waals surface area contributed by atoms with Crippen LogP contribution in [-0.2, 0) is 0 Å². The summed E-state index contributed by atoms with van der Waals surface area (Å²) in [6, 6.07) is 3.95. The second kappa shape index (κ2) is 4.88. The molecule has 1 atom stereocenters. The molecule has 0 aliphatic carbocycles. The number of nitrogens with zero attached hydrogens (tertiary/aromatic N) is 2. The van der Waals surface area contributed by atoms with Crippen molar-refractivity contribution in [1.29, 1.82) is 0 Å². The molecule has 2 aromatic rings. The summed E-state index contributed by atoms with van der Waals surface area (Å²) in [6.07, 6.45) is 3.33. The molecule has 0 saturated carbocycles. The second-order valence-electron chi connectivity index (χ2n) is 3.42. The van der Waals surface area contributed by atoms with Crippen molar-refractivity contribution >= 4 is 0 Å². The molecule has 1 unspecified atom stereocenters. The summed E-state index contributed by atoms with van der Waals surface area (Å²) in [6.45, 7) is 0. The molecule has 0 amide bonds. The molecule has 0 spiro atoms. The molecule has 0 bridgehead atoms. The summed E-state index contributed by atoms with van der Waals surface area (Å²) in [5, 5.41) is 10.1. The van der Waals surface area contributed by atoms with Crippen LogP contribution in [0.1, 0.15) is 17.4 Å². The SMILES string of the molecule is COc1ccc(F)cc1C(O)c1cnccn1. The summed E-state index contributed by atoms with van der Waals surface area (Å²) in [5.41, 5.74) is 0.671. The maximum Gasteiger partial charge on any atom is 0.126 e. The van der Waals surface area contributed by atoms with Gasteiger partial charge in [0.15, 0.2) is 0 Å². The van der Waals surface area contributed by atoms with Crippen LogP contribution in [0.3, 0.4) is 0 Å². The third-order valence-electron chi connectivity index (χ3n) is 2.35. The Balaban J connectivity index is 2.43. The molecular formula is C12H11FN2O2. The van der Waals surface area contributed by atoms with Crippen molar-refractivity contribution in [3.8, 4) is 5.75 Å². The first-order valence-corrected chi connectivity index (χ1v) is 5.00. The second-order valence-corrected chi connectivity index (χ2v) is 3.42. The number of aliphatic hydroxyl groups excluding tert-OH is 1. The lowest BCUT2D eigenvalue weighted by Gasteiger charge is -2.13. The van der Waals surface area contributed by atoms with Crippen LogP contribution >= 0.6 is 0 Å². The molecule has 0 saturated heterocycles. The Labute approximate surface area is 97.7 Å². The number of benzene rings is 1. The monoisotopic (exact) mass is 234 g/mol. The van der Waals surface area contributed by atoms with Crippen molar-refractivity contribution in [2.45, 2.75) is 6.10 Å². The van der Waals surface area contributed by atoms with Crippen molar-refractivity contribution in [2.75, 3.05) is 7.11 Å². The predicted octanol–water partition coefficient (Wildman–Crippen LogP) is 1.71. The highest BCUT2D eigenvalue weighted by molar-refractivity contribution is 5.38. The van der Waals surface area contributed by atoms with Gasteiger partial charge in [0.05, 0.1) is 19.0 Å². The fraction of sp³-hybridized carbons (Fsp3) is 0.167. The highest BCUT2D eigenvalue weighted by atomic mass is 19.1. The number of hydrogen-bond acceptors (Lipinski definition) is 4. The van der Waals surface area contributed by atoms with Gasteiger partial charge in [-0.3, -0.25) is 9.97 Å². The van der Waals surface area contributed by atoms with Gasteiger partial charge in [-0.15, -0.1) is 0 Å². The third kappa shape index (κ3) is 2.39. The third-order valence-corrected chi connectivity index (χ3v) is 2.35. The molecule has 0 aliphatic heterocycles. The molecule has 88 valence electrons. The Morgan fingerprint density at radius 2 is 2.18 bits per heavy atom. The van der Waals surface area contributed by atoms with Crippen molar-refractivity contribution in [3.05, 3.63) is 53.9 Å². The average molecular weight is 234 g/mol. The smallest absolute Gasteiger partial charge is 0.126 e. The lowest BCUT2D eigenvalue weighted by molar-refractivity contribution is 0.209. The van der Waals surface area contributed by atoms with Crippen LogP contribution in [0.4, 0.5) is 4.39 Å². The van der Waals surface area contributed by atoms with Crippen LogP contribution in [0, 0.1) is 5.82 Å². The topological polar surface area (TPSA) is 55.2 Å². The number of methoxy groups -OCH3 is 1. The van der Waals surface area contributed by atoms with Gasteiger partial charge in [0.2, 0.25) is 0 Å². The van der Waals surface area contributed by atoms with E-state index in [1.165, 1.54) is 43.9 Å². The van der Waals surface area contributed by atoms with E-state index in [9.17, 15) is 9.50 Å². The van der Waals surface area contributed by atoms with Crippen LogP contribution in [0.5, 0.6) is 5.75 Å². The van der Waals surface area contributed by atoms with Crippen molar-refractivity contribution in [1.82, 2.24) is 9.97 Å². The van der Waals surface area contributed by atoms with Crippen LogP contribution in [0.25, 0.3) is 0 Å². The van der Waals surface area contributed by atoms with E-state index in [0.717, 1.165) is 0 Å². The van der Waals surface area contributed by atoms with Gasteiger partial charge in [-0.05, 0) is 18.2 Å². The van der Waals surface area contributed by atoms with Gasteiger partial charge in [-0.25, -0.2) is 4.39 Å². The van der Waals surface area contributed by atoms with Gasteiger partial charge in [-0.1, -0.05) is 0 Å². The standard InChI is InChI=1S/C12H11FN2O2/c1-17-11-3-2-8(13)6-9(11)12(16)10-7-14-4-5-15-10/h2-7,12,16H,1H3. The minimum Gasteiger partial charge on any atom is -0.496 e. The van der Waals surface area contributed by atoms with E-state index in [1.54, 1.807) is 0 Å². The lowest BCUT2D eigenvalue weighted by Crippen LogP contribution is -2.05. The summed E-state index contributed by atoms with van der Waals surface area (Å²) in [5.74, 6) is -0.0340. The van der Waals surface area contributed by atoms with Crippen LogP contribution in [-0.4, -0.2) is 22.2 Å². The van der Waals surface area contributed by atoms with Crippen LogP contribution in [0.15, 0.2) is 36.8 Å². The van der Waals surface area contributed by atoms with Gasteiger partial charge in [0, 0.05) is 18.0 Å². The molecule has 0 fully saturated rings. The Morgan fingerprint density at radius 3 is 2.82 bits per heavy atom. The fourth-order valence-electron chi connectivity index (χ4n) is 1.53. The largest absolute Gasteiger partial charge is 0.496 e. The number of aromatic nitrogens is 2. The Bertz CT molecular complexity index is 505. The number of ether oxygens (including phenoxy) is 1. The van der Waals surface area contributed by atoms with Crippen molar-refractivity contribution in [3.63, 3.8) is 0 Å². The first-order valence-electron chi connectivity index (χ1n) is 5.00. The van der Waals surface area contributed by atoms with E-state index in [-0.39, 0.29) is 0 Å². The predicted molar refractivity (Wildman–Crippen MR) is 59.0 cm³/mol. The average Bonchev–Trinajstić information content (AvgIpc) is 2.39. The van der Waals surface area contributed by atoms with E-state index >= 15 is 0 Å². The molecule has 17 heavy (non-hydrogen) atoms. The molecule has 0 radical (unpaired) electrons. The highest BCUT2D eigenvalue weighted by Gasteiger charge is 2.17. The summed E-state index contributed by atoms with van der Waals surface area (Å²) in [4.78, 5) is 7.82. The first kappa shape index (κ1) is 11.5. The molecule has 5 heteroatoms. The summed E-state index contributed by atoms with van der Waals surface area (Å²) < 4.78 is 18.2. The van der Waals surface area contributed by atoms with Gasteiger partial charge in [-0.2, -0.15) is 0 Å². The summed E-state index contributed by atoms with van der Waals surface area (Å²) in [7, 11) is 1.46. The number of rotatable bonds is 3. The molecule has 1 aromatic carbocycles. The fourth-order valence-corrected chi connectivity index (χ4v) is 1.53. The molecule has 1 aromatic heterocycles. The van der Waals surface area contributed by atoms with E-state index in [1.807, 2.05) is 0 Å². The van der Waals surface area contributed by atoms with Crippen molar-refractivity contribution in [2.24, 2.45) is 0 Å². The number of hydrogen-bond donors (Lipinski definition) is 1. The number of aliphatic hydroxyl groups is 1. The molecular weight excluding hydrogens is 223 g/mol. The highest BCUT2D eigenvalue weighted by Crippen LogP contribution is 2.29. The van der Waals surface area contributed by atoms with Crippen molar-refractivity contribution < 1.29 is 14.2 Å². The van der Waals surface area contributed by atoms with Crippen LogP contribution < -0.4 is 4.74 Å². The van der Waals surface area contributed by atoms with E-state index in [4.69, 9.17) is 4.74 Å². The Kier molecular flexibility index (Phi) is 3.30. The Hall–Kier alpha value is -2.01. The van der Waals surface area contributed by atoms with E-state index in [2.05, 4.69) is 9.97 Å². The van der Waals surface area contributed by atoms with E-state index in [0.29, 0.717) is 17.0 Å². The summed E-state index contributed by atoms with van der Waals surface area (Å²) >= 11 is 0.